The molecule has 0 radical (unpaired) electrons. The van der Waals surface area contributed by atoms with Crippen molar-refractivity contribution in [2.24, 2.45) is 7.05 Å². The highest BCUT2D eigenvalue weighted by atomic mass is 79.9. The van der Waals surface area contributed by atoms with Gasteiger partial charge in [-0.25, -0.2) is 9.97 Å². The van der Waals surface area contributed by atoms with Crippen LogP contribution in [0.2, 0.25) is 0 Å². The zero-order valence-electron chi connectivity index (χ0n) is 10.3. The summed E-state index contributed by atoms with van der Waals surface area (Å²) in [6.45, 7) is 0. The Labute approximate surface area is 127 Å². The molecule has 7 heteroatoms. The zero-order valence-corrected chi connectivity index (χ0v) is 13.4. The minimum absolute atomic E-state index is 0.487. The maximum atomic E-state index is 6.02. The third-order valence-electron chi connectivity index (χ3n) is 3.10. The second-order valence-electron chi connectivity index (χ2n) is 4.34. The Balaban J connectivity index is 2.32. The second kappa shape index (κ2) is 4.92. The average molecular weight is 360 g/mol. The molecule has 0 saturated carbocycles. The summed E-state index contributed by atoms with van der Waals surface area (Å²) in [5, 5.41) is 0. The van der Waals surface area contributed by atoms with Crippen molar-refractivity contribution < 1.29 is 0 Å². The Morgan fingerprint density at radius 2 is 2.26 bits per heavy atom. The van der Waals surface area contributed by atoms with E-state index in [4.69, 9.17) is 17.3 Å². The molecule has 0 aromatic carbocycles. The maximum absolute atomic E-state index is 6.02. The summed E-state index contributed by atoms with van der Waals surface area (Å²) in [6.07, 6.45) is 1.76. The Kier molecular flexibility index (Phi) is 3.41. The van der Waals surface area contributed by atoms with Crippen LogP contribution in [0.25, 0.3) is 21.3 Å². The van der Waals surface area contributed by atoms with E-state index in [9.17, 15) is 0 Å². The molecule has 0 atom stereocenters. The van der Waals surface area contributed by atoms with Crippen molar-refractivity contribution in [3.05, 3.63) is 15.7 Å². The van der Waals surface area contributed by atoms with E-state index < -0.39 is 0 Å². The second-order valence-corrected chi connectivity index (χ2v) is 7.15. The van der Waals surface area contributed by atoms with Crippen LogP contribution in [-0.4, -0.2) is 20.4 Å². The molecule has 3 aromatic rings. The van der Waals surface area contributed by atoms with Gasteiger partial charge in [-0.05, 0) is 28.4 Å². The van der Waals surface area contributed by atoms with Crippen molar-refractivity contribution in [1.82, 2.24) is 14.5 Å². The summed E-state index contributed by atoms with van der Waals surface area (Å²) >= 11 is 10.9. The molecular formula is C12H12BrClN4S. The molecule has 4 nitrogen and oxygen atoms in total. The molecular weight excluding hydrogens is 348 g/mol. The van der Waals surface area contributed by atoms with Gasteiger partial charge in [-0.2, -0.15) is 0 Å². The van der Waals surface area contributed by atoms with Crippen LogP contribution in [0.1, 0.15) is 12.2 Å². The zero-order chi connectivity index (χ0) is 13.6. The van der Waals surface area contributed by atoms with Gasteiger partial charge in [0.1, 0.15) is 11.3 Å². The summed E-state index contributed by atoms with van der Waals surface area (Å²) in [4.78, 5) is 9.03. The molecule has 3 aromatic heterocycles. The van der Waals surface area contributed by atoms with Crippen molar-refractivity contribution in [1.29, 1.82) is 0 Å². The summed E-state index contributed by atoms with van der Waals surface area (Å²) < 4.78 is 4.26. The minimum atomic E-state index is 0.487. The number of nitrogens with zero attached hydrogens (tertiary/aromatic N) is 3. The molecule has 3 rings (SSSR count). The van der Waals surface area contributed by atoms with Gasteiger partial charge in [0.2, 0.25) is 0 Å². The van der Waals surface area contributed by atoms with E-state index in [1.807, 2.05) is 13.1 Å². The SMILES string of the molecule is Cn1c(CCCCl)nc2c(N)nc3cc(Br)sc3c21. The molecule has 0 fully saturated rings. The fourth-order valence-electron chi connectivity index (χ4n) is 2.22. The van der Waals surface area contributed by atoms with Gasteiger partial charge in [0.25, 0.3) is 0 Å². The third kappa shape index (κ3) is 2.11. The number of halogens is 2. The van der Waals surface area contributed by atoms with Crippen LogP contribution in [0.15, 0.2) is 9.85 Å². The van der Waals surface area contributed by atoms with E-state index in [0.717, 1.165) is 43.7 Å². The predicted octanol–water partition coefficient (Wildman–Crippen LogP) is 3.70. The maximum Gasteiger partial charge on any atom is 0.152 e. The van der Waals surface area contributed by atoms with Gasteiger partial charge in [0, 0.05) is 19.3 Å². The van der Waals surface area contributed by atoms with Crippen molar-refractivity contribution in [2.75, 3.05) is 11.6 Å². The third-order valence-corrected chi connectivity index (χ3v) is 5.00. The molecule has 3 heterocycles. The van der Waals surface area contributed by atoms with Gasteiger partial charge in [-0.3, -0.25) is 0 Å². The summed E-state index contributed by atoms with van der Waals surface area (Å²) in [5.74, 6) is 2.12. The Hall–Kier alpha value is -0.850. The minimum Gasteiger partial charge on any atom is -0.382 e. The van der Waals surface area contributed by atoms with Gasteiger partial charge in [0.15, 0.2) is 5.82 Å². The quantitative estimate of drug-likeness (QED) is 0.725. The van der Waals surface area contributed by atoms with Crippen LogP contribution in [0.4, 0.5) is 5.82 Å². The van der Waals surface area contributed by atoms with E-state index in [1.165, 1.54) is 0 Å². The number of pyridine rings is 1. The molecule has 0 aliphatic carbocycles. The number of nitrogens with two attached hydrogens (primary N) is 1. The predicted molar refractivity (Wildman–Crippen MR) is 85.0 cm³/mol. The van der Waals surface area contributed by atoms with Crippen LogP contribution in [-0.2, 0) is 13.5 Å². The number of fused-ring (bicyclic) bond motifs is 3. The number of thiophene rings is 1. The lowest BCUT2D eigenvalue weighted by Gasteiger charge is -2.01. The first-order chi connectivity index (χ1) is 9.11. The molecule has 0 spiro atoms. The Morgan fingerprint density at radius 1 is 1.47 bits per heavy atom. The van der Waals surface area contributed by atoms with Crippen LogP contribution in [0, 0.1) is 0 Å². The summed E-state index contributed by atoms with van der Waals surface area (Å²) in [5.41, 5.74) is 8.77. The topological polar surface area (TPSA) is 56.7 Å². The smallest absolute Gasteiger partial charge is 0.152 e. The number of aromatic nitrogens is 3. The molecule has 0 unspecified atom stereocenters. The average Bonchev–Trinajstić information content (AvgIpc) is 2.88. The van der Waals surface area contributed by atoms with Crippen LogP contribution >= 0.6 is 38.9 Å². The first-order valence-corrected chi connectivity index (χ1v) is 8.02. The summed E-state index contributed by atoms with van der Waals surface area (Å²) in [7, 11) is 2.02. The van der Waals surface area contributed by atoms with Gasteiger partial charge < -0.3 is 10.3 Å². The van der Waals surface area contributed by atoms with Crippen molar-refractivity contribution in [3.63, 3.8) is 0 Å². The number of rotatable bonds is 3. The van der Waals surface area contributed by atoms with E-state index in [2.05, 4.69) is 30.5 Å². The number of nitrogen functional groups attached to an aromatic ring is 1. The summed E-state index contributed by atoms with van der Waals surface area (Å²) in [6, 6.07) is 1.99. The molecule has 0 amide bonds. The first-order valence-electron chi connectivity index (χ1n) is 5.87. The van der Waals surface area contributed by atoms with Crippen molar-refractivity contribution in [2.45, 2.75) is 12.8 Å². The molecule has 2 N–H and O–H groups in total. The fraction of sp³-hybridized carbons (Fsp3) is 0.333. The lowest BCUT2D eigenvalue weighted by molar-refractivity contribution is 0.777. The number of imidazole rings is 1. The number of anilines is 1. The highest BCUT2D eigenvalue weighted by molar-refractivity contribution is 9.11. The molecule has 100 valence electrons. The van der Waals surface area contributed by atoms with E-state index in [1.54, 1.807) is 11.3 Å². The number of hydrogen-bond acceptors (Lipinski definition) is 4. The van der Waals surface area contributed by atoms with Gasteiger partial charge in [-0.15, -0.1) is 22.9 Å². The van der Waals surface area contributed by atoms with Crippen LogP contribution in [0.5, 0.6) is 0 Å². The van der Waals surface area contributed by atoms with Gasteiger partial charge in [0.05, 0.1) is 19.5 Å². The molecule has 0 aliphatic rings. The normalized spacial score (nSPS) is 11.7. The van der Waals surface area contributed by atoms with Crippen molar-refractivity contribution in [3.8, 4) is 0 Å². The first kappa shape index (κ1) is 13.1. The van der Waals surface area contributed by atoms with Gasteiger partial charge >= 0.3 is 0 Å². The van der Waals surface area contributed by atoms with Crippen molar-refractivity contribution >= 4 is 65.9 Å². The van der Waals surface area contributed by atoms with Crippen LogP contribution in [0.3, 0.4) is 0 Å². The standard InChI is InChI=1S/C12H12BrClN4S/c1-18-8(3-2-4-14)17-9-10(18)11-6(16-12(9)15)5-7(13)19-11/h5H,2-4H2,1H3,(H2,15,16). The molecule has 0 saturated heterocycles. The van der Waals surface area contributed by atoms with E-state index >= 15 is 0 Å². The molecule has 0 bridgehead atoms. The van der Waals surface area contributed by atoms with E-state index in [-0.39, 0.29) is 0 Å². The Morgan fingerprint density at radius 3 is 3.00 bits per heavy atom. The molecule has 0 aliphatic heterocycles. The highest BCUT2D eigenvalue weighted by Gasteiger charge is 2.16. The largest absolute Gasteiger partial charge is 0.382 e. The lowest BCUT2D eigenvalue weighted by Crippen LogP contribution is -1.98. The number of alkyl halides is 1. The van der Waals surface area contributed by atoms with E-state index in [0.29, 0.717) is 11.7 Å². The monoisotopic (exact) mass is 358 g/mol. The highest BCUT2D eigenvalue weighted by Crippen LogP contribution is 2.36. The molecule has 19 heavy (non-hydrogen) atoms. The Bertz CT molecular complexity index is 764. The number of aryl methyl sites for hydroxylation is 2. The number of hydrogen-bond donors (Lipinski definition) is 1. The lowest BCUT2D eigenvalue weighted by atomic mass is 10.3. The van der Waals surface area contributed by atoms with Crippen LogP contribution < -0.4 is 5.73 Å². The fourth-order valence-corrected chi connectivity index (χ4v) is 3.96. The van der Waals surface area contributed by atoms with Gasteiger partial charge in [-0.1, -0.05) is 0 Å².